The molecule has 0 unspecified atom stereocenters. The monoisotopic (exact) mass is 445 g/mol. The van der Waals surface area contributed by atoms with E-state index < -0.39 is 10.1 Å². The molecule has 0 atom stereocenters. The molecule has 0 heterocycles. The summed E-state index contributed by atoms with van der Waals surface area (Å²) in [6.45, 7) is 5.63. The molecule has 0 N–H and O–H groups in total. The Bertz CT molecular complexity index is 1290. The Labute approximate surface area is 189 Å². The van der Waals surface area contributed by atoms with Gasteiger partial charge in [0, 0.05) is 5.56 Å². The third-order valence-electron chi connectivity index (χ3n) is 4.76. The summed E-state index contributed by atoms with van der Waals surface area (Å²) >= 11 is 0. The molecule has 3 aromatic rings. The maximum absolute atomic E-state index is 12.9. The van der Waals surface area contributed by atoms with Gasteiger partial charge in [-0.2, -0.15) is 13.7 Å². The first-order valence-electron chi connectivity index (χ1n) is 9.88. The summed E-state index contributed by atoms with van der Waals surface area (Å²) in [5, 5.41) is 9.62. The molecule has 0 spiro atoms. The summed E-state index contributed by atoms with van der Waals surface area (Å²) in [6.07, 6.45) is 3.72. The van der Waals surface area contributed by atoms with Crippen molar-refractivity contribution in [2.45, 2.75) is 18.2 Å². The molecular weight excluding hydrogens is 422 g/mol. The molecule has 0 fully saturated rings. The normalized spacial score (nSPS) is 11.5. The highest BCUT2D eigenvalue weighted by Gasteiger charge is 2.22. The summed E-state index contributed by atoms with van der Waals surface area (Å²) in [5.41, 5.74) is 3.45. The van der Waals surface area contributed by atoms with Crippen molar-refractivity contribution in [1.29, 1.82) is 5.26 Å². The van der Waals surface area contributed by atoms with Gasteiger partial charge in [-0.1, -0.05) is 54.1 Å². The van der Waals surface area contributed by atoms with Crippen LogP contribution in [0.1, 0.15) is 22.3 Å². The van der Waals surface area contributed by atoms with E-state index >= 15 is 0 Å². The topological polar surface area (TPSA) is 76.4 Å². The number of rotatable bonds is 8. The highest BCUT2D eigenvalue weighted by molar-refractivity contribution is 7.87. The van der Waals surface area contributed by atoms with E-state index in [1.54, 1.807) is 36.4 Å². The van der Waals surface area contributed by atoms with Gasteiger partial charge in [-0.05, 0) is 54.8 Å². The SMILES string of the molecule is C=CCc1cc(/C=C(\C#N)c2ccccc2)cc(OC)c1OS(=O)(=O)c1ccc(C)cc1. The van der Waals surface area contributed by atoms with Gasteiger partial charge in [-0.25, -0.2) is 0 Å². The first-order chi connectivity index (χ1) is 15.4. The number of benzene rings is 3. The molecule has 3 aromatic carbocycles. The van der Waals surface area contributed by atoms with Crippen LogP contribution in [0.4, 0.5) is 0 Å². The second-order valence-corrected chi connectivity index (χ2v) is 8.64. The molecule has 0 aliphatic rings. The van der Waals surface area contributed by atoms with Crippen LogP contribution < -0.4 is 8.92 Å². The van der Waals surface area contributed by atoms with Gasteiger partial charge in [-0.15, -0.1) is 6.58 Å². The third kappa shape index (κ3) is 5.26. The molecule has 32 heavy (non-hydrogen) atoms. The Morgan fingerprint density at radius 2 is 1.78 bits per heavy atom. The van der Waals surface area contributed by atoms with E-state index in [2.05, 4.69) is 12.6 Å². The second kappa shape index (κ2) is 9.99. The largest absolute Gasteiger partial charge is 0.493 e. The number of hydrogen-bond acceptors (Lipinski definition) is 5. The predicted molar refractivity (Wildman–Crippen MR) is 126 cm³/mol. The van der Waals surface area contributed by atoms with E-state index in [0.29, 0.717) is 23.1 Å². The van der Waals surface area contributed by atoms with Crippen molar-refractivity contribution in [1.82, 2.24) is 0 Å². The van der Waals surface area contributed by atoms with Crippen LogP contribution in [0.25, 0.3) is 11.6 Å². The molecule has 3 rings (SSSR count). The highest BCUT2D eigenvalue weighted by atomic mass is 32.2. The summed E-state index contributed by atoms with van der Waals surface area (Å²) in [5.74, 6) is 0.347. The minimum atomic E-state index is -4.07. The Kier molecular flexibility index (Phi) is 7.14. The summed E-state index contributed by atoms with van der Waals surface area (Å²) in [6, 6.07) is 21.3. The van der Waals surface area contributed by atoms with Crippen molar-refractivity contribution in [3.8, 4) is 17.6 Å². The fourth-order valence-electron chi connectivity index (χ4n) is 3.15. The van der Waals surface area contributed by atoms with Crippen LogP contribution in [-0.4, -0.2) is 15.5 Å². The van der Waals surface area contributed by atoms with Crippen molar-refractivity contribution < 1.29 is 17.3 Å². The number of nitriles is 1. The molecule has 6 heteroatoms. The smallest absolute Gasteiger partial charge is 0.339 e. The minimum Gasteiger partial charge on any atom is -0.493 e. The molecule has 0 radical (unpaired) electrons. The van der Waals surface area contributed by atoms with Crippen molar-refractivity contribution in [3.05, 3.63) is 102 Å². The third-order valence-corrected chi connectivity index (χ3v) is 5.99. The van der Waals surface area contributed by atoms with E-state index in [0.717, 1.165) is 11.1 Å². The number of allylic oxidation sites excluding steroid dienone is 2. The lowest BCUT2D eigenvalue weighted by Crippen LogP contribution is -2.12. The first kappa shape index (κ1) is 22.9. The zero-order valence-electron chi connectivity index (χ0n) is 17.9. The molecule has 0 aliphatic heterocycles. The fraction of sp³-hybridized carbons (Fsp3) is 0.115. The van der Waals surface area contributed by atoms with Gasteiger partial charge in [0.15, 0.2) is 11.5 Å². The lowest BCUT2D eigenvalue weighted by Gasteiger charge is -2.16. The average Bonchev–Trinajstić information content (AvgIpc) is 2.79. The molecular formula is C26H23NO4S. The minimum absolute atomic E-state index is 0.0505. The van der Waals surface area contributed by atoms with Gasteiger partial charge >= 0.3 is 10.1 Å². The van der Waals surface area contributed by atoms with Crippen LogP contribution in [0.5, 0.6) is 11.5 Å². The number of nitrogens with zero attached hydrogens (tertiary/aromatic N) is 1. The second-order valence-electron chi connectivity index (χ2n) is 7.09. The molecule has 0 saturated heterocycles. The van der Waals surface area contributed by atoms with Gasteiger partial charge in [0.05, 0.1) is 18.8 Å². The summed E-state index contributed by atoms with van der Waals surface area (Å²) in [7, 11) is -2.63. The van der Waals surface area contributed by atoms with Crippen molar-refractivity contribution in [2.24, 2.45) is 0 Å². The average molecular weight is 446 g/mol. The van der Waals surface area contributed by atoms with Crippen LogP contribution in [0.3, 0.4) is 0 Å². The summed E-state index contributed by atoms with van der Waals surface area (Å²) in [4.78, 5) is 0.0505. The lowest BCUT2D eigenvalue weighted by molar-refractivity contribution is 0.389. The van der Waals surface area contributed by atoms with E-state index in [-0.39, 0.29) is 16.4 Å². The standard InChI is InChI=1S/C26H23NO4S/c1-4-8-22-15-20(16-23(18-27)21-9-6-5-7-10-21)17-25(30-3)26(22)31-32(28,29)24-13-11-19(2)12-14-24/h4-7,9-17H,1,8H2,2-3H3/b23-16+. The van der Waals surface area contributed by atoms with Crippen molar-refractivity contribution in [3.63, 3.8) is 0 Å². The maximum Gasteiger partial charge on any atom is 0.339 e. The van der Waals surface area contributed by atoms with Crippen molar-refractivity contribution in [2.75, 3.05) is 7.11 Å². The van der Waals surface area contributed by atoms with Crippen LogP contribution in [-0.2, 0) is 16.5 Å². The maximum atomic E-state index is 12.9. The molecule has 0 aromatic heterocycles. The number of methoxy groups -OCH3 is 1. The molecule has 162 valence electrons. The zero-order valence-corrected chi connectivity index (χ0v) is 18.7. The Balaban J connectivity index is 2.08. The molecule has 0 bridgehead atoms. The number of ether oxygens (including phenoxy) is 1. The van der Waals surface area contributed by atoms with Crippen LogP contribution in [0, 0.1) is 18.3 Å². The number of aryl methyl sites for hydroxylation is 1. The van der Waals surface area contributed by atoms with Crippen molar-refractivity contribution >= 4 is 21.8 Å². The first-order valence-corrected chi connectivity index (χ1v) is 11.3. The zero-order chi connectivity index (χ0) is 23.1. The van der Waals surface area contributed by atoms with E-state index in [1.165, 1.54) is 19.2 Å². The highest BCUT2D eigenvalue weighted by Crippen LogP contribution is 2.36. The molecule has 0 saturated carbocycles. The van der Waals surface area contributed by atoms with Gasteiger partial charge in [0.2, 0.25) is 0 Å². The lowest BCUT2D eigenvalue weighted by atomic mass is 10.0. The predicted octanol–water partition coefficient (Wildman–Crippen LogP) is 5.56. The quantitative estimate of drug-likeness (QED) is 0.196. The Morgan fingerprint density at radius 3 is 2.38 bits per heavy atom. The molecule has 0 amide bonds. The van der Waals surface area contributed by atoms with Crippen LogP contribution in [0.15, 0.2) is 84.3 Å². The van der Waals surface area contributed by atoms with Gasteiger partial charge in [0.1, 0.15) is 4.90 Å². The van der Waals surface area contributed by atoms with Crippen LogP contribution >= 0.6 is 0 Å². The van der Waals surface area contributed by atoms with E-state index in [1.807, 2.05) is 37.3 Å². The van der Waals surface area contributed by atoms with Gasteiger partial charge in [-0.3, -0.25) is 0 Å². The molecule has 5 nitrogen and oxygen atoms in total. The van der Waals surface area contributed by atoms with Gasteiger partial charge in [0.25, 0.3) is 0 Å². The van der Waals surface area contributed by atoms with Crippen LogP contribution in [0.2, 0.25) is 0 Å². The fourth-order valence-corrected chi connectivity index (χ4v) is 4.12. The molecule has 0 aliphatic carbocycles. The summed E-state index contributed by atoms with van der Waals surface area (Å²) < 4.78 is 36.7. The van der Waals surface area contributed by atoms with E-state index in [4.69, 9.17) is 8.92 Å². The Hall–Kier alpha value is -3.82. The Morgan fingerprint density at radius 1 is 1.09 bits per heavy atom. The van der Waals surface area contributed by atoms with E-state index in [9.17, 15) is 13.7 Å². The number of hydrogen-bond donors (Lipinski definition) is 0. The van der Waals surface area contributed by atoms with Gasteiger partial charge < -0.3 is 8.92 Å².